The highest BCUT2D eigenvalue weighted by atomic mass is 16.7. The van der Waals surface area contributed by atoms with Crippen molar-refractivity contribution in [1.82, 2.24) is 10.2 Å². The summed E-state index contributed by atoms with van der Waals surface area (Å²) in [7, 11) is 1.35. The van der Waals surface area contributed by atoms with Crippen molar-refractivity contribution < 1.29 is 19.0 Å². The van der Waals surface area contributed by atoms with Crippen molar-refractivity contribution in [3.05, 3.63) is 54.2 Å². The summed E-state index contributed by atoms with van der Waals surface area (Å²) < 4.78 is 15.6. The molecule has 0 spiro atoms. The number of nitrogens with one attached hydrogen (secondary N) is 1. The van der Waals surface area contributed by atoms with Crippen molar-refractivity contribution in [1.29, 1.82) is 0 Å². The van der Waals surface area contributed by atoms with E-state index in [-0.39, 0.29) is 6.79 Å². The van der Waals surface area contributed by atoms with Crippen molar-refractivity contribution in [2.75, 3.05) is 13.9 Å². The lowest BCUT2D eigenvalue weighted by Gasteiger charge is -2.06. The standard InChI is InChI=1S/C18H14N2O4/c1-22-18(21)17-15(11-5-3-2-4-6-11)16(19-20-17)12-7-8-13-14(9-12)24-10-23-13/h2-9H,10H2,1H3,(H,19,20). The minimum Gasteiger partial charge on any atom is -0.464 e. The third-order valence-corrected chi connectivity index (χ3v) is 3.86. The van der Waals surface area contributed by atoms with Crippen LogP contribution in [0.25, 0.3) is 22.4 Å². The van der Waals surface area contributed by atoms with E-state index in [1.807, 2.05) is 48.5 Å². The molecule has 1 aromatic heterocycles. The molecule has 0 radical (unpaired) electrons. The van der Waals surface area contributed by atoms with Gasteiger partial charge in [-0.1, -0.05) is 30.3 Å². The molecule has 24 heavy (non-hydrogen) atoms. The van der Waals surface area contributed by atoms with Crippen LogP contribution >= 0.6 is 0 Å². The SMILES string of the molecule is COC(=O)c1[nH]nc(-c2ccc3c(c2)OCO3)c1-c1ccccc1. The molecule has 1 aliphatic heterocycles. The molecule has 1 aliphatic rings. The fraction of sp³-hybridized carbons (Fsp3) is 0.111. The van der Waals surface area contributed by atoms with Crippen LogP contribution < -0.4 is 9.47 Å². The molecular weight excluding hydrogens is 308 g/mol. The van der Waals surface area contributed by atoms with Gasteiger partial charge in [-0.2, -0.15) is 5.10 Å². The number of benzene rings is 2. The molecule has 2 aromatic carbocycles. The van der Waals surface area contributed by atoms with Gasteiger partial charge in [-0.25, -0.2) is 4.79 Å². The fourth-order valence-corrected chi connectivity index (χ4v) is 2.73. The second-order valence-electron chi connectivity index (χ2n) is 5.25. The smallest absolute Gasteiger partial charge is 0.356 e. The van der Waals surface area contributed by atoms with Crippen LogP contribution in [0.3, 0.4) is 0 Å². The van der Waals surface area contributed by atoms with Gasteiger partial charge in [0.05, 0.1) is 7.11 Å². The van der Waals surface area contributed by atoms with Gasteiger partial charge in [-0.05, 0) is 23.8 Å². The molecule has 2 heterocycles. The number of nitrogens with zero attached hydrogens (tertiary/aromatic N) is 1. The quantitative estimate of drug-likeness (QED) is 0.749. The van der Waals surface area contributed by atoms with Crippen LogP contribution in [0.2, 0.25) is 0 Å². The van der Waals surface area contributed by atoms with Gasteiger partial charge in [0.15, 0.2) is 17.2 Å². The third-order valence-electron chi connectivity index (χ3n) is 3.86. The number of aromatic nitrogens is 2. The van der Waals surface area contributed by atoms with Crippen LogP contribution in [0.5, 0.6) is 11.5 Å². The van der Waals surface area contributed by atoms with Gasteiger partial charge < -0.3 is 14.2 Å². The van der Waals surface area contributed by atoms with E-state index in [0.29, 0.717) is 28.5 Å². The fourth-order valence-electron chi connectivity index (χ4n) is 2.73. The van der Waals surface area contributed by atoms with Crippen LogP contribution in [0.1, 0.15) is 10.5 Å². The highest BCUT2D eigenvalue weighted by Gasteiger charge is 2.23. The van der Waals surface area contributed by atoms with Gasteiger partial charge in [0, 0.05) is 11.1 Å². The first-order valence-corrected chi connectivity index (χ1v) is 7.40. The summed E-state index contributed by atoms with van der Waals surface area (Å²) in [6, 6.07) is 15.2. The Labute approximate surface area is 138 Å². The Bertz CT molecular complexity index is 903. The van der Waals surface area contributed by atoms with E-state index in [0.717, 1.165) is 11.1 Å². The number of hydrogen-bond acceptors (Lipinski definition) is 5. The molecule has 0 saturated heterocycles. The number of esters is 1. The first kappa shape index (κ1) is 14.3. The van der Waals surface area contributed by atoms with E-state index in [1.165, 1.54) is 7.11 Å². The first-order chi connectivity index (χ1) is 11.8. The second kappa shape index (κ2) is 5.73. The average Bonchev–Trinajstić information content (AvgIpc) is 3.27. The maximum absolute atomic E-state index is 12.1. The Hall–Kier alpha value is -3.28. The first-order valence-electron chi connectivity index (χ1n) is 7.40. The topological polar surface area (TPSA) is 73.4 Å². The molecule has 0 saturated carbocycles. The lowest BCUT2D eigenvalue weighted by molar-refractivity contribution is 0.0595. The molecule has 6 heteroatoms. The van der Waals surface area contributed by atoms with Gasteiger partial charge in [-0.15, -0.1) is 0 Å². The predicted molar refractivity (Wildman–Crippen MR) is 86.9 cm³/mol. The van der Waals surface area contributed by atoms with Crippen LogP contribution in [0.15, 0.2) is 48.5 Å². The molecule has 0 atom stereocenters. The zero-order chi connectivity index (χ0) is 16.5. The van der Waals surface area contributed by atoms with E-state index in [1.54, 1.807) is 0 Å². The second-order valence-corrected chi connectivity index (χ2v) is 5.25. The Balaban J connectivity index is 1.90. The summed E-state index contributed by atoms with van der Waals surface area (Å²) in [5.74, 6) is 0.895. The number of H-pyrrole nitrogens is 1. The summed E-state index contributed by atoms with van der Waals surface area (Å²) in [6.07, 6.45) is 0. The van der Waals surface area contributed by atoms with Crippen molar-refractivity contribution in [3.8, 4) is 33.9 Å². The number of hydrogen-bond donors (Lipinski definition) is 1. The van der Waals surface area contributed by atoms with Crippen LogP contribution in [-0.4, -0.2) is 30.1 Å². The molecule has 120 valence electrons. The largest absolute Gasteiger partial charge is 0.464 e. The molecular formula is C18H14N2O4. The molecule has 0 fully saturated rings. The number of rotatable bonds is 3. The normalized spacial score (nSPS) is 12.2. The number of methoxy groups -OCH3 is 1. The zero-order valence-corrected chi connectivity index (χ0v) is 12.9. The maximum Gasteiger partial charge on any atom is 0.356 e. The summed E-state index contributed by atoms with van der Waals surface area (Å²) in [4.78, 5) is 12.1. The molecule has 0 aliphatic carbocycles. The highest BCUT2D eigenvalue weighted by Crippen LogP contribution is 2.39. The van der Waals surface area contributed by atoms with Gasteiger partial charge in [0.25, 0.3) is 0 Å². The zero-order valence-electron chi connectivity index (χ0n) is 12.9. The van der Waals surface area contributed by atoms with Crippen LogP contribution in [0, 0.1) is 0 Å². The van der Waals surface area contributed by atoms with E-state index < -0.39 is 5.97 Å². The van der Waals surface area contributed by atoms with E-state index in [4.69, 9.17) is 14.2 Å². The van der Waals surface area contributed by atoms with Crippen LogP contribution in [0.4, 0.5) is 0 Å². The van der Waals surface area contributed by atoms with Crippen molar-refractivity contribution in [2.24, 2.45) is 0 Å². The van der Waals surface area contributed by atoms with E-state index >= 15 is 0 Å². The molecule has 6 nitrogen and oxygen atoms in total. The third kappa shape index (κ3) is 2.28. The number of carbonyl (C=O) groups excluding carboxylic acids is 1. The minimum atomic E-state index is -0.464. The van der Waals surface area contributed by atoms with Crippen molar-refractivity contribution >= 4 is 5.97 Å². The monoisotopic (exact) mass is 322 g/mol. The molecule has 4 rings (SSSR count). The summed E-state index contributed by atoms with van der Waals surface area (Å²) in [6.45, 7) is 0.207. The van der Waals surface area contributed by atoms with Gasteiger partial charge in [0.2, 0.25) is 6.79 Å². The lowest BCUT2D eigenvalue weighted by atomic mass is 9.98. The molecule has 0 unspecified atom stereocenters. The van der Waals surface area contributed by atoms with Crippen molar-refractivity contribution in [3.63, 3.8) is 0 Å². The lowest BCUT2D eigenvalue weighted by Crippen LogP contribution is -2.03. The molecule has 0 bridgehead atoms. The highest BCUT2D eigenvalue weighted by molar-refractivity contribution is 5.99. The van der Waals surface area contributed by atoms with Crippen molar-refractivity contribution in [2.45, 2.75) is 0 Å². The predicted octanol–water partition coefficient (Wildman–Crippen LogP) is 3.26. The Morgan fingerprint density at radius 1 is 1.08 bits per heavy atom. The van der Waals surface area contributed by atoms with Crippen LogP contribution in [-0.2, 0) is 4.74 Å². The number of aromatic amines is 1. The number of fused-ring (bicyclic) bond motifs is 1. The Morgan fingerprint density at radius 3 is 2.67 bits per heavy atom. The van der Waals surface area contributed by atoms with E-state index in [2.05, 4.69) is 10.2 Å². The van der Waals surface area contributed by atoms with Gasteiger partial charge in [0.1, 0.15) is 5.69 Å². The molecule has 0 amide bonds. The Kier molecular flexibility index (Phi) is 3.42. The van der Waals surface area contributed by atoms with Gasteiger partial charge >= 0.3 is 5.97 Å². The number of carbonyl (C=O) groups is 1. The van der Waals surface area contributed by atoms with Gasteiger partial charge in [-0.3, -0.25) is 5.10 Å². The molecule has 1 N–H and O–H groups in total. The summed E-state index contributed by atoms with van der Waals surface area (Å²) >= 11 is 0. The Morgan fingerprint density at radius 2 is 1.88 bits per heavy atom. The molecule has 3 aromatic rings. The summed E-state index contributed by atoms with van der Waals surface area (Å²) in [5.41, 5.74) is 3.36. The summed E-state index contributed by atoms with van der Waals surface area (Å²) in [5, 5.41) is 7.13. The number of ether oxygens (including phenoxy) is 3. The minimum absolute atomic E-state index is 0.207. The van der Waals surface area contributed by atoms with E-state index in [9.17, 15) is 4.79 Å². The average molecular weight is 322 g/mol. The maximum atomic E-state index is 12.1.